The van der Waals surface area contributed by atoms with E-state index in [9.17, 15) is 17.8 Å². The number of amides is 2. The average Bonchev–Trinajstić information content (AvgIpc) is 2.92. The van der Waals surface area contributed by atoms with Gasteiger partial charge in [0.25, 0.3) is 6.43 Å². The molecule has 0 aliphatic heterocycles. The lowest BCUT2D eigenvalue weighted by atomic mass is 9.95. The molecule has 1 fully saturated rings. The number of hydrogen-bond acceptors (Lipinski definition) is 3. The molecule has 0 bridgehead atoms. The third kappa shape index (κ3) is 5.56. The molecule has 1 saturated carbocycles. The van der Waals surface area contributed by atoms with E-state index in [0.717, 1.165) is 23.9 Å². The molecule has 1 aromatic rings. The molecule has 0 aromatic carbocycles. The van der Waals surface area contributed by atoms with E-state index in [1.165, 1.54) is 12.3 Å². The predicted octanol–water partition coefficient (Wildman–Crippen LogP) is 2.35. The Morgan fingerprint density at radius 1 is 1.52 bits per heavy atom. The van der Waals surface area contributed by atoms with Crippen LogP contribution in [0.2, 0.25) is 0 Å². The van der Waals surface area contributed by atoms with E-state index in [2.05, 4.69) is 15.7 Å². The molecule has 2 rings (SSSR count). The van der Waals surface area contributed by atoms with Crippen LogP contribution in [0.1, 0.15) is 32.6 Å². The van der Waals surface area contributed by atoms with E-state index in [4.69, 9.17) is 0 Å². The number of hydrogen-bond donors (Lipinski definition) is 2. The van der Waals surface area contributed by atoms with Crippen molar-refractivity contribution in [2.75, 3.05) is 11.1 Å². The van der Waals surface area contributed by atoms with Crippen LogP contribution in [0.15, 0.2) is 12.3 Å². The Kier molecular flexibility index (Phi) is 6.49. The van der Waals surface area contributed by atoms with Crippen molar-refractivity contribution in [1.29, 1.82) is 0 Å². The number of halogens is 2. The van der Waals surface area contributed by atoms with Gasteiger partial charge in [0.05, 0.1) is 0 Å². The first-order valence-corrected chi connectivity index (χ1v) is 9.12. The lowest BCUT2D eigenvalue weighted by molar-refractivity contribution is 0.122. The van der Waals surface area contributed by atoms with Crippen LogP contribution in [0.25, 0.3) is 0 Å². The second kappa shape index (κ2) is 8.37. The van der Waals surface area contributed by atoms with Crippen LogP contribution in [0.5, 0.6) is 0 Å². The standard InChI is InChI=1S/C14H22F2N4O2S/c1-2-23(22)11-5-3-4-10(8-11)17-14(21)18-13-6-7-20(19-13)9-12(15)16/h6-7,10-12H,2-5,8-9H2,1H3,(H2,17,18,19,21). The number of carbonyl (C=O) groups excluding carboxylic acids is 1. The maximum absolute atomic E-state index is 12.2. The van der Waals surface area contributed by atoms with E-state index in [0.29, 0.717) is 12.2 Å². The molecular formula is C14H22F2N4O2S. The largest absolute Gasteiger partial charge is 0.335 e. The van der Waals surface area contributed by atoms with Gasteiger partial charge < -0.3 is 5.32 Å². The van der Waals surface area contributed by atoms with Gasteiger partial charge in [0.1, 0.15) is 6.54 Å². The lowest BCUT2D eigenvalue weighted by Crippen LogP contribution is -2.43. The Balaban J connectivity index is 1.82. The van der Waals surface area contributed by atoms with E-state index in [-0.39, 0.29) is 17.1 Å². The van der Waals surface area contributed by atoms with Gasteiger partial charge >= 0.3 is 6.03 Å². The summed E-state index contributed by atoms with van der Waals surface area (Å²) in [5.41, 5.74) is 0. The fourth-order valence-corrected chi connectivity index (χ4v) is 4.11. The maximum Gasteiger partial charge on any atom is 0.320 e. The van der Waals surface area contributed by atoms with Crippen LogP contribution in [0.3, 0.4) is 0 Å². The highest BCUT2D eigenvalue weighted by Gasteiger charge is 2.26. The van der Waals surface area contributed by atoms with E-state index in [1.807, 2.05) is 6.92 Å². The summed E-state index contributed by atoms with van der Waals surface area (Å²) < 4.78 is 37.5. The number of nitrogens with one attached hydrogen (secondary N) is 2. The summed E-state index contributed by atoms with van der Waals surface area (Å²) in [6, 6.07) is 1.03. The Morgan fingerprint density at radius 2 is 2.30 bits per heavy atom. The average molecular weight is 348 g/mol. The lowest BCUT2D eigenvalue weighted by Gasteiger charge is -2.28. The monoisotopic (exact) mass is 348 g/mol. The van der Waals surface area contributed by atoms with Gasteiger partial charge in [-0.2, -0.15) is 5.10 Å². The highest BCUT2D eigenvalue weighted by atomic mass is 32.2. The second-order valence-electron chi connectivity index (χ2n) is 5.57. The summed E-state index contributed by atoms with van der Waals surface area (Å²) in [7, 11) is -0.848. The van der Waals surface area contributed by atoms with Gasteiger partial charge in [-0.15, -0.1) is 0 Å². The Morgan fingerprint density at radius 3 is 3.00 bits per heavy atom. The molecule has 130 valence electrons. The minimum atomic E-state index is -2.49. The van der Waals surface area contributed by atoms with Gasteiger partial charge in [0, 0.05) is 40.1 Å². The minimum Gasteiger partial charge on any atom is -0.335 e. The minimum absolute atomic E-state index is 0.0209. The Bertz CT molecular complexity index is 553. The third-order valence-corrected chi connectivity index (χ3v) is 5.57. The van der Waals surface area contributed by atoms with Crippen LogP contribution in [-0.2, 0) is 17.3 Å². The van der Waals surface area contributed by atoms with Gasteiger partial charge in [0.2, 0.25) is 0 Å². The van der Waals surface area contributed by atoms with E-state index < -0.39 is 29.8 Å². The SMILES string of the molecule is CCS(=O)C1CCCC(NC(=O)Nc2ccn(CC(F)F)n2)C1. The van der Waals surface area contributed by atoms with Crippen molar-refractivity contribution < 1.29 is 17.8 Å². The molecule has 2 N–H and O–H groups in total. The number of alkyl halides is 2. The van der Waals surface area contributed by atoms with Gasteiger partial charge in [-0.3, -0.25) is 14.2 Å². The fraction of sp³-hybridized carbons (Fsp3) is 0.714. The van der Waals surface area contributed by atoms with Crippen molar-refractivity contribution in [1.82, 2.24) is 15.1 Å². The topological polar surface area (TPSA) is 76.0 Å². The molecule has 3 atom stereocenters. The Labute approximate surface area is 136 Å². The molecule has 0 spiro atoms. The zero-order chi connectivity index (χ0) is 16.8. The molecule has 0 saturated heterocycles. The van der Waals surface area contributed by atoms with Crippen LogP contribution < -0.4 is 10.6 Å². The number of urea groups is 1. The number of aromatic nitrogens is 2. The first-order valence-electron chi connectivity index (χ1n) is 7.74. The van der Waals surface area contributed by atoms with Crippen molar-refractivity contribution in [2.45, 2.75) is 56.9 Å². The number of carbonyl (C=O) groups is 1. The molecule has 2 amide bonds. The number of anilines is 1. The van der Waals surface area contributed by atoms with Gasteiger partial charge in [-0.25, -0.2) is 13.6 Å². The highest BCUT2D eigenvalue weighted by Crippen LogP contribution is 2.23. The number of rotatable bonds is 6. The van der Waals surface area contributed by atoms with E-state index in [1.54, 1.807) is 0 Å². The van der Waals surface area contributed by atoms with Crippen molar-refractivity contribution in [3.8, 4) is 0 Å². The first-order chi connectivity index (χ1) is 11.0. The van der Waals surface area contributed by atoms with Crippen molar-refractivity contribution in [3.63, 3.8) is 0 Å². The van der Waals surface area contributed by atoms with E-state index >= 15 is 0 Å². The molecule has 1 heterocycles. The van der Waals surface area contributed by atoms with Crippen molar-refractivity contribution >= 4 is 22.6 Å². The van der Waals surface area contributed by atoms with Gasteiger partial charge in [0.15, 0.2) is 5.82 Å². The second-order valence-corrected chi connectivity index (χ2v) is 7.57. The zero-order valence-corrected chi connectivity index (χ0v) is 13.8. The van der Waals surface area contributed by atoms with Crippen LogP contribution >= 0.6 is 0 Å². The summed E-state index contributed by atoms with van der Waals surface area (Å²) in [6.07, 6.45) is 2.32. The van der Waals surface area contributed by atoms with Gasteiger partial charge in [-0.1, -0.05) is 13.3 Å². The molecule has 1 aliphatic carbocycles. The van der Waals surface area contributed by atoms with Crippen LogP contribution in [0, 0.1) is 0 Å². The molecule has 9 heteroatoms. The highest BCUT2D eigenvalue weighted by molar-refractivity contribution is 7.85. The molecular weight excluding hydrogens is 326 g/mol. The quantitative estimate of drug-likeness (QED) is 0.828. The van der Waals surface area contributed by atoms with Crippen molar-refractivity contribution in [2.24, 2.45) is 0 Å². The normalized spacial score (nSPS) is 22.8. The molecule has 6 nitrogen and oxygen atoms in total. The maximum atomic E-state index is 12.2. The van der Waals surface area contributed by atoms with Gasteiger partial charge in [-0.05, 0) is 19.3 Å². The molecule has 1 aliphatic rings. The summed E-state index contributed by atoms with van der Waals surface area (Å²) in [6.45, 7) is 1.39. The first kappa shape index (κ1) is 17.8. The summed E-state index contributed by atoms with van der Waals surface area (Å²) in [5.74, 6) is 0.859. The third-order valence-electron chi connectivity index (χ3n) is 3.82. The molecule has 0 radical (unpaired) electrons. The fourth-order valence-electron chi connectivity index (χ4n) is 2.76. The predicted molar refractivity (Wildman–Crippen MR) is 85.1 cm³/mol. The van der Waals surface area contributed by atoms with Crippen LogP contribution in [-0.4, -0.2) is 43.5 Å². The molecule has 1 aromatic heterocycles. The Hall–Kier alpha value is -1.51. The number of nitrogens with zero attached hydrogens (tertiary/aromatic N) is 2. The van der Waals surface area contributed by atoms with Crippen molar-refractivity contribution in [3.05, 3.63) is 12.3 Å². The van der Waals surface area contributed by atoms with Crippen LogP contribution in [0.4, 0.5) is 19.4 Å². The zero-order valence-electron chi connectivity index (χ0n) is 13.0. The smallest absolute Gasteiger partial charge is 0.320 e. The summed E-state index contributed by atoms with van der Waals surface area (Å²) >= 11 is 0. The summed E-state index contributed by atoms with van der Waals surface area (Å²) in [4.78, 5) is 12.0. The molecule has 3 unspecified atom stereocenters. The summed E-state index contributed by atoms with van der Waals surface area (Å²) in [5, 5.41) is 9.37. The molecule has 23 heavy (non-hydrogen) atoms.